The Hall–Kier alpha value is -6.96. The largest absolute Gasteiger partial charge is 0.507 e. The molecule has 19 heteroatoms. The number of amides is 3. The molecule has 9 atom stereocenters. The normalized spacial score (nSPS) is 26.7. The number of hydrogen-bond acceptors (Lipinski definition) is 16. The number of fused-ring (bicyclic) bond motifs is 13. The maximum Gasteiger partial charge on any atom is 0.325 e. The Morgan fingerprint density at radius 2 is 1.56 bits per heavy atom. The van der Waals surface area contributed by atoms with Gasteiger partial charge in [0.25, 0.3) is 11.7 Å². The molecule has 5 aliphatic heterocycles. The molecule has 19 nitrogen and oxygen atoms in total. The third kappa shape index (κ3) is 12.6. The zero-order valence-corrected chi connectivity index (χ0v) is 47.7. The summed E-state index contributed by atoms with van der Waals surface area (Å²) in [6.45, 7) is 22.8. The van der Waals surface area contributed by atoms with E-state index in [0.717, 1.165) is 12.1 Å². The summed E-state index contributed by atoms with van der Waals surface area (Å²) in [4.78, 5) is 91.7. The van der Waals surface area contributed by atoms with Crippen molar-refractivity contribution in [3.8, 4) is 17.2 Å². The van der Waals surface area contributed by atoms with Crippen molar-refractivity contribution >= 4 is 57.4 Å². The lowest BCUT2D eigenvalue weighted by atomic mass is 9.74. The minimum atomic E-state index is -1.94. The molecule has 1 spiro atoms. The summed E-state index contributed by atoms with van der Waals surface area (Å²) in [6.07, 6.45) is 6.62. The van der Waals surface area contributed by atoms with Crippen molar-refractivity contribution in [2.45, 2.75) is 132 Å². The number of piperidine rings is 1. The van der Waals surface area contributed by atoms with Crippen LogP contribution in [0.15, 0.2) is 70.4 Å². The number of anilines is 2. The van der Waals surface area contributed by atoms with Crippen molar-refractivity contribution < 1.29 is 63.0 Å². The van der Waals surface area contributed by atoms with Gasteiger partial charge in [-0.3, -0.25) is 29.0 Å². The Balaban J connectivity index is 1.23. The lowest BCUT2D eigenvalue weighted by Gasteiger charge is -2.38. The summed E-state index contributed by atoms with van der Waals surface area (Å²) >= 11 is 0. The van der Waals surface area contributed by atoms with Gasteiger partial charge in [0.1, 0.15) is 52.1 Å². The number of benzene rings is 3. The van der Waals surface area contributed by atoms with Crippen LogP contribution in [0.4, 0.5) is 16.2 Å². The molecule has 5 bridgehead atoms. The van der Waals surface area contributed by atoms with Crippen molar-refractivity contribution in [1.29, 1.82) is 0 Å². The Kier molecular flexibility index (Phi) is 18.3. The number of aliphatic hydroxyl groups is 1. The number of carbonyl (C=O) groups excluding carboxylic acids is 6. The van der Waals surface area contributed by atoms with Crippen molar-refractivity contribution in [1.82, 2.24) is 10.2 Å². The number of nitrogens with zero attached hydrogens (tertiary/aromatic N) is 3. The van der Waals surface area contributed by atoms with Crippen LogP contribution in [0.2, 0.25) is 0 Å². The molecule has 1 fully saturated rings. The standard InChI is InChI=1S/C60H78N6O13/c1-30(2)29-66-24-22-60(23-25-66)64-48-45-46-52(71)37(9)55-47(45)56(73)59(12,79-55)77-26-21-43(76-13)34(6)33(5)35(7)51(70)36(8)54(31(3)15-14-16-32(4)57(74)63-50(53(46)72)49(48)65-60)78-44(69)28-61-58(75)62-41-19-17-40(18-20-41)27-42(38(10)67)39(11)68/h14-21,26,30-31,33-36,42-43,51,54,64,70-72H,22-25,27-29H2,1-13H3,(H2,61,62,75)/b15-14-,26-21?,32-16?,63-50?. The number of allylic oxidation sites excluding steroid dienone is 2. The molecular weight excluding hydrogens is 1010 g/mol. The van der Waals surface area contributed by atoms with Gasteiger partial charge in [0.05, 0.1) is 41.0 Å². The van der Waals surface area contributed by atoms with Gasteiger partial charge in [-0.25, -0.2) is 9.79 Å². The van der Waals surface area contributed by atoms with E-state index in [9.17, 15) is 44.1 Å². The van der Waals surface area contributed by atoms with Gasteiger partial charge in [-0.05, 0) is 81.6 Å². The fraction of sp³-hybridized carbons (Fsp3) is 0.533. The highest BCUT2D eigenvalue weighted by Gasteiger charge is 2.51. The van der Waals surface area contributed by atoms with Crippen LogP contribution >= 0.6 is 0 Å². The zero-order chi connectivity index (χ0) is 58.0. The Labute approximate surface area is 461 Å². The molecule has 8 rings (SSSR count). The van der Waals surface area contributed by atoms with Gasteiger partial charge >= 0.3 is 17.8 Å². The van der Waals surface area contributed by atoms with Gasteiger partial charge in [-0.15, -0.1) is 0 Å². The Bertz CT molecular complexity index is 3090. The van der Waals surface area contributed by atoms with Crippen LogP contribution < -0.4 is 31.4 Å². The molecular formula is C60H78N6O13. The van der Waals surface area contributed by atoms with E-state index < -0.39 is 89.4 Å². The fourth-order valence-electron chi connectivity index (χ4n) is 11.3. The molecule has 5 aliphatic rings. The van der Waals surface area contributed by atoms with Crippen molar-refractivity contribution in [3.05, 3.63) is 87.8 Å². The molecule has 3 aromatic carbocycles. The van der Waals surface area contributed by atoms with E-state index in [1.807, 2.05) is 20.8 Å². The summed E-state index contributed by atoms with van der Waals surface area (Å²) in [5.41, 5.74) is 0.930. The smallest absolute Gasteiger partial charge is 0.325 e. The van der Waals surface area contributed by atoms with E-state index in [-0.39, 0.29) is 79.5 Å². The number of Topliss-reactive ketones (excluding diaryl/α,β-unsaturated/α-hetero) is 3. The first-order chi connectivity index (χ1) is 37.2. The van der Waals surface area contributed by atoms with Gasteiger partial charge in [0.15, 0.2) is 5.75 Å². The van der Waals surface area contributed by atoms with Gasteiger partial charge in [-0.2, -0.15) is 0 Å². The second-order valence-electron chi connectivity index (χ2n) is 22.7. The average Bonchev–Trinajstić information content (AvgIpc) is 4.17. The van der Waals surface area contributed by atoms with E-state index >= 15 is 0 Å². The summed E-state index contributed by atoms with van der Waals surface area (Å²) < 4.78 is 24.6. The van der Waals surface area contributed by atoms with Crippen molar-refractivity contribution in [3.63, 3.8) is 0 Å². The first-order valence-corrected chi connectivity index (χ1v) is 27.3. The number of rotatable bonds is 11. The molecule has 9 unspecified atom stereocenters. The van der Waals surface area contributed by atoms with Gasteiger partial charge in [-0.1, -0.05) is 78.8 Å². The van der Waals surface area contributed by atoms with Crippen LogP contribution in [-0.2, 0) is 39.8 Å². The number of phenolic OH excluding ortho intramolecular Hbond substituents is 2. The maximum atomic E-state index is 14.9. The number of methoxy groups -OCH3 is 1. The average molecular weight is 1090 g/mol. The molecule has 0 radical (unpaired) electrons. The molecule has 5 heterocycles. The first kappa shape index (κ1) is 59.7. The number of nitrogens with one attached hydrogen (secondary N) is 3. The second kappa shape index (κ2) is 24.2. The van der Waals surface area contributed by atoms with Gasteiger partial charge in [0.2, 0.25) is 0 Å². The molecule has 3 aromatic rings. The monoisotopic (exact) mass is 1090 g/mol. The minimum absolute atomic E-state index is 0.0632. The lowest BCUT2D eigenvalue weighted by molar-refractivity contribution is -0.156. The van der Waals surface area contributed by atoms with Crippen molar-refractivity contribution in [2.75, 3.05) is 43.9 Å². The number of phenols is 2. The van der Waals surface area contributed by atoms with E-state index in [0.29, 0.717) is 43.2 Å². The van der Waals surface area contributed by atoms with Crippen LogP contribution in [0.1, 0.15) is 110 Å². The lowest BCUT2D eigenvalue weighted by Crippen LogP contribution is -2.47. The van der Waals surface area contributed by atoms with E-state index in [1.165, 1.54) is 40.2 Å². The highest BCUT2D eigenvalue weighted by atomic mass is 16.7. The van der Waals surface area contributed by atoms with E-state index in [4.69, 9.17) is 23.9 Å². The predicted molar refractivity (Wildman–Crippen MR) is 297 cm³/mol. The van der Waals surface area contributed by atoms with Crippen LogP contribution in [0.25, 0.3) is 10.8 Å². The van der Waals surface area contributed by atoms with E-state index in [2.05, 4.69) is 39.7 Å². The van der Waals surface area contributed by atoms with E-state index in [1.54, 1.807) is 70.2 Å². The molecule has 0 aromatic heterocycles. The third-order valence-electron chi connectivity index (χ3n) is 16.5. The topological polar surface area (TPSA) is 264 Å². The van der Waals surface area contributed by atoms with Crippen molar-refractivity contribution in [2.24, 2.45) is 51.4 Å². The van der Waals surface area contributed by atoms with Gasteiger partial charge in [0, 0.05) is 80.6 Å². The number of esters is 1. The van der Waals surface area contributed by atoms with Crippen LogP contribution in [0, 0.1) is 48.3 Å². The summed E-state index contributed by atoms with van der Waals surface area (Å²) in [5, 5.41) is 45.2. The SMILES string of the molecule is COC1C=COC2(C)Oc3c(C)c(O)c4c(O)c(c5c(c4c3C2=O)NC2(CCN(CC(C)C)CC2)N=5)=NC(=O)C(C)=C/C=C\C(C)C(OC(=O)CNC(=O)Nc2ccc(CC(C(C)=O)C(C)=O)cc2)C(C)C(O)C(C)C(C)C1C. The zero-order valence-electron chi connectivity index (χ0n) is 47.7. The first-order valence-electron chi connectivity index (χ1n) is 27.3. The number of urea groups is 1. The Morgan fingerprint density at radius 1 is 0.899 bits per heavy atom. The predicted octanol–water partition coefficient (Wildman–Crippen LogP) is 7.16. The Morgan fingerprint density at radius 3 is 2.18 bits per heavy atom. The summed E-state index contributed by atoms with van der Waals surface area (Å²) in [7, 11) is 1.54. The van der Waals surface area contributed by atoms with Crippen LogP contribution in [0.5, 0.6) is 17.2 Å². The fourth-order valence-corrected chi connectivity index (χ4v) is 11.3. The number of hydrogen-bond donors (Lipinski definition) is 6. The number of aromatic hydroxyl groups is 2. The third-order valence-corrected chi connectivity index (χ3v) is 16.5. The molecule has 0 aliphatic carbocycles. The number of ether oxygens (including phenoxy) is 4. The molecule has 1 saturated heterocycles. The second-order valence-corrected chi connectivity index (χ2v) is 22.7. The quantitative estimate of drug-likeness (QED) is 0.0632. The summed E-state index contributed by atoms with van der Waals surface area (Å²) in [6, 6.07) is 5.94. The number of ketones is 3. The molecule has 426 valence electrons. The number of carbonyl (C=O) groups is 6. The minimum Gasteiger partial charge on any atom is -0.507 e. The number of aliphatic hydroxyl groups excluding tert-OH is 1. The van der Waals surface area contributed by atoms with Crippen LogP contribution in [-0.4, -0.2) is 119 Å². The molecule has 79 heavy (non-hydrogen) atoms. The maximum absolute atomic E-state index is 14.9. The van der Waals surface area contributed by atoms with Gasteiger partial charge < -0.3 is 55.1 Å². The highest BCUT2D eigenvalue weighted by molar-refractivity contribution is 6.21. The molecule has 6 N–H and O–H groups in total. The molecule has 0 saturated carbocycles. The highest BCUT2D eigenvalue weighted by Crippen LogP contribution is 2.51. The van der Waals surface area contributed by atoms with Crippen LogP contribution in [0.3, 0.4) is 0 Å². The summed E-state index contributed by atoms with van der Waals surface area (Å²) in [5.74, 6) is -7.84. The number of likely N-dealkylation sites (tertiary alicyclic amines) is 1. The molecule has 3 amide bonds.